The van der Waals surface area contributed by atoms with Crippen molar-refractivity contribution in [3.63, 3.8) is 0 Å². The molecule has 0 aromatic heterocycles. The molecule has 664 valence electrons. The molecule has 0 amide bonds. The molecule has 6 saturated carbocycles. The van der Waals surface area contributed by atoms with E-state index in [0.717, 1.165) is 191 Å². The molecule has 0 saturated heterocycles. The minimum absolute atomic E-state index is 0.0530. The van der Waals surface area contributed by atoms with Gasteiger partial charge in [0, 0.05) is 63.6 Å². The van der Waals surface area contributed by atoms with Gasteiger partial charge in [-0.2, -0.15) is 0 Å². The Labute approximate surface area is 700 Å². The van der Waals surface area contributed by atoms with Crippen molar-refractivity contribution in [2.24, 2.45) is 35.5 Å². The normalized spacial score (nSPS) is 24.9. The zero-order valence-corrected chi connectivity index (χ0v) is 73.6. The zero-order valence-electron chi connectivity index (χ0n) is 71.6. The summed E-state index contributed by atoms with van der Waals surface area (Å²) >= 11 is 0. The molecule has 0 aromatic carbocycles. The Bertz CT molecular complexity index is 2790. The molecular formula is C90H146O25Si2. The molecule has 0 aliphatic heterocycles. The van der Waals surface area contributed by atoms with E-state index in [1.165, 1.54) is 12.2 Å². The van der Waals surface area contributed by atoms with Gasteiger partial charge in [-0.25, -0.2) is 19.2 Å². The van der Waals surface area contributed by atoms with Crippen LogP contribution in [0.25, 0.3) is 0 Å². The van der Waals surface area contributed by atoms with E-state index in [1.54, 1.807) is 0 Å². The molecule has 117 heavy (non-hydrogen) atoms. The number of hydrogen-bond donors (Lipinski definition) is 0. The van der Waals surface area contributed by atoms with Gasteiger partial charge in [0.25, 0.3) is 0 Å². The lowest BCUT2D eigenvalue weighted by Gasteiger charge is -2.36. The highest BCUT2D eigenvalue weighted by atomic mass is 28.4. The van der Waals surface area contributed by atoms with E-state index < -0.39 is 88.7 Å². The van der Waals surface area contributed by atoms with Gasteiger partial charge in [-0.1, -0.05) is 64.8 Å². The van der Waals surface area contributed by atoms with Crippen molar-refractivity contribution < 1.29 is 118 Å². The van der Waals surface area contributed by atoms with Gasteiger partial charge in [-0.05, 0) is 257 Å². The molecule has 6 atom stereocenters. The van der Waals surface area contributed by atoms with Crippen LogP contribution in [0.3, 0.4) is 0 Å². The highest BCUT2D eigenvalue weighted by Gasteiger charge is 2.45. The summed E-state index contributed by atoms with van der Waals surface area (Å²) in [5.41, 5.74) is 0. The molecule has 6 aliphatic rings. The first-order valence-electron chi connectivity index (χ1n) is 45.0. The van der Waals surface area contributed by atoms with Crippen molar-refractivity contribution >= 4 is 76.3 Å². The van der Waals surface area contributed by atoms with Gasteiger partial charge in [0.2, 0.25) is 0 Å². The van der Waals surface area contributed by atoms with Crippen molar-refractivity contribution in [2.75, 3.05) is 66.1 Å². The predicted molar refractivity (Wildman–Crippen MR) is 446 cm³/mol. The molecule has 0 radical (unpaired) electrons. The molecule has 25 nitrogen and oxygen atoms in total. The first-order valence-corrected chi connectivity index (χ1v) is 51.2. The van der Waals surface area contributed by atoms with Crippen molar-refractivity contribution in [1.82, 2.24) is 0 Å². The van der Waals surface area contributed by atoms with Gasteiger partial charge in [0.1, 0.15) is 24.4 Å². The third-order valence-electron chi connectivity index (χ3n) is 23.8. The van der Waals surface area contributed by atoms with Crippen LogP contribution in [-0.4, -0.2) is 191 Å². The molecule has 0 spiro atoms. The maximum atomic E-state index is 14.3. The highest BCUT2D eigenvalue weighted by Crippen LogP contribution is 2.39. The number of ether oxygens (including phenoxy) is 14. The standard InChI is InChI=1S/C90H146O25Si2/c1-9-81(91)105-57-25-17-13-21-53-101-71-41-33-67(34-42-71)85(95)111-75-49-51-79(113-87(97)69-37-45-73(46-38-69)103-55-23-15-19-27-59-107-83(93)11-3)77(65-75)89(99)109-61-29-31-63-116(5,6)115-117(7,8)64-32-30-62-110-90(100)78-66-76(112-86(96)68-35-43-72(44-36-68)102-54-22-14-18-26-58-106-82(92)10-2)50-52-80(78)114-88(98)70-39-47-74(48-40-70)104-56-24-16-20-28-60-108-84(94)12-4/h9-12,67-80H,1-4,13-66H2,5-8H3. The second-order valence-corrected chi connectivity index (χ2v) is 43.2. The Morgan fingerprint density at radius 3 is 0.735 bits per heavy atom. The second kappa shape index (κ2) is 57.2. The summed E-state index contributed by atoms with van der Waals surface area (Å²) in [7, 11) is -4.43. The molecule has 0 bridgehead atoms. The van der Waals surface area contributed by atoms with Crippen LogP contribution in [0.2, 0.25) is 38.3 Å². The molecule has 0 heterocycles. The SMILES string of the molecule is C=CC(=O)OCCCCCCOC1CCC(C(=O)OC2CCC(OC(=O)C3CCC(OCCCCCCOC(=O)C=C)CC3)C(C(=O)OCCCC[Si](C)(C)O[Si](C)(C)CCCCOC(=O)C3CC(OC(=O)C4CCC(OCCCCCCOC(=O)C=C)CC4)CCC3OC(=O)C3CCC(OCCCCCCOC(=O)C=C)CC3)C2)CC1. The van der Waals surface area contributed by atoms with Crippen LogP contribution >= 0.6 is 0 Å². The Kier molecular flexibility index (Phi) is 48.8. The third-order valence-corrected chi connectivity index (χ3v) is 31.4. The number of carbonyl (C=O) groups is 10. The molecule has 6 aliphatic carbocycles. The Morgan fingerprint density at radius 1 is 0.256 bits per heavy atom. The van der Waals surface area contributed by atoms with E-state index in [4.69, 9.17) is 70.4 Å². The van der Waals surface area contributed by atoms with Crippen LogP contribution in [0.15, 0.2) is 50.6 Å². The molecule has 27 heteroatoms. The van der Waals surface area contributed by atoms with Gasteiger partial charge in [-0.3, -0.25) is 28.8 Å². The summed E-state index contributed by atoms with van der Waals surface area (Å²) in [5.74, 6) is -6.55. The van der Waals surface area contributed by atoms with Crippen molar-refractivity contribution in [3.8, 4) is 0 Å². The summed E-state index contributed by atoms with van der Waals surface area (Å²) in [6, 6.07) is 1.68. The van der Waals surface area contributed by atoms with E-state index >= 15 is 0 Å². The van der Waals surface area contributed by atoms with Crippen LogP contribution in [0.1, 0.15) is 270 Å². The predicted octanol–water partition coefficient (Wildman–Crippen LogP) is 16.8. The molecule has 6 unspecified atom stereocenters. The van der Waals surface area contributed by atoms with E-state index in [9.17, 15) is 47.9 Å². The smallest absolute Gasteiger partial charge is 0.330 e. The monoisotopic (exact) mass is 1680 g/mol. The van der Waals surface area contributed by atoms with E-state index in [2.05, 4.69) is 52.5 Å². The van der Waals surface area contributed by atoms with Gasteiger partial charge in [0.15, 0.2) is 16.6 Å². The molecule has 6 fully saturated rings. The summed E-state index contributed by atoms with van der Waals surface area (Å²) in [6.45, 7) is 26.9. The fourth-order valence-electron chi connectivity index (χ4n) is 16.9. The molecule has 0 N–H and O–H groups in total. The maximum Gasteiger partial charge on any atom is 0.330 e. The Balaban J connectivity index is 0.935. The molecule has 6 rings (SSSR count). The summed E-state index contributed by atoms with van der Waals surface area (Å²) < 4.78 is 89.0. The van der Waals surface area contributed by atoms with Crippen LogP contribution in [0, 0.1) is 35.5 Å². The van der Waals surface area contributed by atoms with Crippen LogP contribution in [0.5, 0.6) is 0 Å². The lowest BCUT2D eigenvalue weighted by molar-refractivity contribution is -0.178. The first kappa shape index (κ1) is 99.7. The van der Waals surface area contributed by atoms with Gasteiger partial charge in [-0.15, -0.1) is 0 Å². The number of hydrogen-bond acceptors (Lipinski definition) is 25. The first-order chi connectivity index (χ1) is 56.5. The van der Waals surface area contributed by atoms with E-state index in [1.807, 2.05) is 0 Å². The number of unbranched alkanes of at least 4 members (excludes halogenated alkanes) is 14. The highest BCUT2D eigenvalue weighted by molar-refractivity contribution is 6.84. The average molecular weight is 1680 g/mol. The average Bonchev–Trinajstić information content (AvgIpc) is 0.824. The lowest BCUT2D eigenvalue weighted by Crippen LogP contribution is -2.44. The molecule has 0 aromatic rings. The van der Waals surface area contributed by atoms with Crippen molar-refractivity contribution in [1.29, 1.82) is 0 Å². The summed E-state index contributed by atoms with van der Waals surface area (Å²) in [4.78, 5) is 129. The second-order valence-electron chi connectivity index (χ2n) is 34.3. The quantitative estimate of drug-likeness (QED) is 0.0179. The van der Waals surface area contributed by atoms with Crippen LogP contribution < -0.4 is 0 Å². The number of rotatable bonds is 58. The topological polar surface area (TPSA) is 309 Å². The van der Waals surface area contributed by atoms with E-state index in [0.29, 0.717) is 143 Å². The zero-order chi connectivity index (χ0) is 84.5. The number of carbonyl (C=O) groups excluding carboxylic acids is 10. The summed E-state index contributed by atoms with van der Waals surface area (Å²) in [5, 5.41) is 0. The maximum absolute atomic E-state index is 14.3. The van der Waals surface area contributed by atoms with Crippen LogP contribution in [0.4, 0.5) is 0 Å². The van der Waals surface area contributed by atoms with Crippen LogP contribution in [-0.2, 0) is 118 Å². The van der Waals surface area contributed by atoms with Crippen molar-refractivity contribution in [3.05, 3.63) is 50.6 Å². The van der Waals surface area contributed by atoms with Gasteiger partial charge in [0.05, 0.1) is 99.6 Å². The van der Waals surface area contributed by atoms with Gasteiger partial charge >= 0.3 is 59.7 Å². The fraction of sp³-hybridized carbons (Fsp3) is 0.800. The van der Waals surface area contributed by atoms with Crippen molar-refractivity contribution in [2.45, 2.75) is 357 Å². The van der Waals surface area contributed by atoms with Gasteiger partial charge < -0.3 is 70.4 Å². The Morgan fingerprint density at radius 2 is 0.479 bits per heavy atom. The number of esters is 10. The largest absolute Gasteiger partial charge is 0.465 e. The molecular weight excluding hydrogens is 1540 g/mol. The third kappa shape index (κ3) is 41.3. The summed E-state index contributed by atoms with van der Waals surface area (Å²) in [6.07, 6.45) is 32.4. The minimum atomic E-state index is -2.21. The fourth-order valence-corrected chi connectivity index (χ4v) is 25.9. The minimum Gasteiger partial charge on any atom is -0.465 e. The Hall–Kier alpha value is -6.11. The van der Waals surface area contributed by atoms with E-state index in [-0.39, 0.29) is 98.0 Å². The lowest BCUT2D eigenvalue weighted by atomic mass is 9.83.